The molecular weight excluding hydrogens is 160 g/mol. The van der Waals surface area contributed by atoms with Crippen molar-refractivity contribution in [3.05, 3.63) is 54.6 Å². The Morgan fingerprint density at radius 3 is 2.15 bits per heavy atom. The minimum absolute atomic E-state index is 1.17. The van der Waals surface area contributed by atoms with Crippen molar-refractivity contribution in [2.45, 2.75) is 6.92 Å². The van der Waals surface area contributed by atoms with Gasteiger partial charge in [0.05, 0.1) is 0 Å². The predicted octanol–water partition coefficient (Wildman–Crippen LogP) is 3.00. The topological polar surface area (TPSA) is 17.1 Å². The molecule has 1 heteroatoms. The van der Waals surface area contributed by atoms with Gasteiger partial charge in [-0.1, -0.05) is 49.1 Å². The summed E-state index contributed by atoms with van der Waals surface area (Å²) in [5.41, 5.74) is 1.17. The van der Waals surface area contributed by atoms with Crippen molar-refractivity contribution < 1.29 is 4.79 Å². The first-order valence-corrected chi connectivity index (χ1v) is 4.01. The van der Waals surface area contributed by atoms with Gasteiger partial charge in [0.15, 0.2) is 0 Å². The maximum atomic E-state index is 9.19. The maximum absolute atomic E-state index is 9.19. The van der Waals surface area contributed by atoms with Gasteiger partial charge in [-0.2, -0.15) is 0 Å². The molecule has 0 spiro atoms. The van der Waals surface area contributed by atoms with Crippen LogP contribution in [0.15, 0.2) is 49.1 Å². The molecule has 67 valence electrons. The van der Waals surface area contributed by atoms with Gasteiger partial charge >= 0.3 is 0 Å². The van der Waals surface area contributed by atoms with Gasteiger partial charge in [-0.05, 0) is 18.6 Å². The molecule has 1 radical (unpaired) electrons. The van der Waals surface area contributed by atoms with E-state index in [0.717, 1.165) is 0 Å². The second-order valence-electron chi connectivity index (χ2n) is 2.23. The van der Waals surface area contributed by atoms with Crippen LogP contribution in [0.4, 0.5) is 0 Å². The predicted molar refractivity (Wildman–Crippen MR) is 57.0 cm³/mol. The number of benzene rings is 1. The Kier molecular flexibility index (Phi) is 7.40. The molecule has 13 heavy (non-hydrogen) atoms. The van der Waals surface area contributed by atoms with E-state index in [0.29, 0.717) is 0 Å². The van der Waals surface area contributed by atoms with Crippen molar-refractivity contribution in [1.82, 2.24) is 0 Å². The van der Waals surface area contributed by atoms with Crippen LogP contribution in [0.1, 0.15) is 12.5 Å². The van der Waals surface area contributed by atoms with Gasteiger partial charge in [0.1, 0.15) is 0 Å². The van der Waals surface area contributed by atoms with E-state index >= 15 is 0 Å². The summed E-state index contributed by atoms with van der Waals surface area (Å²) in [6.45, 7) is 5.40. The molecule has 0 saturated heterocycles. The van der Waals surface area contributed by atoms with Crippen molar-refractivity contribution in [2.75, 3.05) is 0 Å². The Morgan fingerprint density at radius 1 is 1.31 bits per heavy atom. The van der Waals surface area contributed by atoms with E-state index in [2.05, 4.69) is 6.58 Å². The minimum atomic E-state index is 1.17. The summed E-state index contributed by atoms with van der Waals surface area (Å²) in [5.74, 6) is 0. The second kappa shape index (κ2) is 8.47. The first kappa shape index (κ1) is 11.4. The Morgan fingerprint density at radius 2 is 1.92 bits per heavy atom. The smallest absolute Gasteiger partial charge is 0.225 e. The Hall–Kier alpha value is -1.63. The summed E-state index contributed by atoms with van der Waals surface area (Å²) in [5, 5.41) is 0. The maximum Gasteiger partial charge on any atom is 0.225 e. The monoisotopic (exact) mass is 173 g/mol. The molecule has 1 aromatic carbocycles. The fourth-order valence-electron chi connectivity index (χ4n) is 0.657. The molecule has 0 N–H and O–H groups in total. The molecule has 0 fully saturated rings. The summed E-state index contributed by atoms with van der Waals surface area (Å²) in [6.07, 6.45) is 6.37. The van der Waals surface area contributed by atoms with E-state index in [-0.39, 0.29) is 0 Å². The van der Waals surface area contributed by atoms with Crippen LogP contribution in [-0.2, 0) is 4.79 Å². The van der Waals surface area contributed by atoms with E-state index in [1.54, 1.807) is 19.3 Å². The zero-order valence-corrected chi connectivity index (χ0v) is 7.73. The molecule has 0 atom stereocenters. The van der Waals surface area contributed by atoms with Crippen LogP contribution in [0.5, 0.6) is 0 Å². The zero-order chi connectivity index (χ0) is 9.94. The summed E-state index contributed by atoms with van der Waals surface area (Å²) in [6, 6.07) is 10.0. The third-order valence-corrected chi connectivity index (χ3v) is 1.27. The van der Waals surface area contributed by atoms with Gasteiger partial charge in [0, 0.05) is 0 Å². The van der Waals surface area contributed by atoms with Crippen LogP contribution in [0, 0.1) is 0 Å². The largest absolute Gasteiger partial charge is 0.286 e. The molecule has 0 aromatic heterocycles. The Bertz CT molecular complexity index is 260. The van der Waals surface area contributed by atoms with Crippen LogP contribution in [0.2, 0.25) is 0 Å². The van der Waals surface area contributed by atoms with Gasteiger partial charge in [0.25, 0.3) is 0 Å². The third kappa shape index (κ3) is 6.76. The summed E-state index contributed by atoms with van der Waals surface area (Å²) >= 11 is 0. The molecule has 0 saturated carbocycles. The normalized spacial score (nSPS) is 8.69. The molecule has 0 bridgehead atoms. The Labute approximate surface area is 79.4 Å². The molecule has 0 aliphatic carbocycles. The first-order chi connectivity index (χ1) is 6.35. The SMILES string of the molecule is C=Cc1ccccc1.CC=C[C]=O. The van der Waals surface area contributed by atoms with Crippen LogP contribution in [0.25, 0.3) is 6.08 Å². The van der Waals surface area contributed by atoms with E-state index in [9.17, 15) is 4.79 Å². The van der Waals surface area contributed by atoms with E-state index in [4.69, 9.17) is 0 Å². The van der Waals surface area contributed by atoms with Crippen LogP contribution < -0.4 is 0 Å². The summed E-state index contributed by atoms with van der Waals surface area (Å²) < 4.78 is 0. The molecule has 0 heterocycles. The molecule has 0 aliphatic heterocycles. The van der Waals surface area contributed by atoms with Gasteiger partial charge in [-0.3, -0.25) is 4.79 Å². The van der Waals surface area contributed by atoms with E-state index in [1.165, 1.54) is 11.6 Å². The number of hydrogen-bond donors (Lipinski definition) is 0. The van der Waals surface area contributed by atoms with Gasteiger partial charge in [-0.25, -0.2) is 0 Å². The molecule has 1 rings (SSSR count). The average molecular weight is 173 g/mol. The zero-order valence-electron chi connectivity index (χ0n) is 7.73. The summed E-state index contributed by atoms with van der Waals surface area (Å²) in [7, 11) is 0. The number of carbonyl (C=O) groups excluding carboxylic acids is 1. The van der Waals surface area contributed by atoms with Gasteiger partial charge < -0.3 is 0 Å². The highest BCUT2D eigenvalue weighted by atomic mass is 16.1. The molecule has 0 aliphatic rings. The van der Waals surface area contributed by atoms with Crippen LogP contribution in [-0.4, -0.2) is 6.29 Å². The van der Waals surface area contributed by atoms with E-state index in [1.807, 2.05) is 36.4 Å². The third-order valence-electron chi connectivity index (χ3n) is 1.27. The fourth-order valence-corrected chi connectivity index (χ4v) is 0.657. The average Bonchev–Trinajstić information content (AvgIpc) is 2.21. The fraction of sp³-hybridized carbons (Fsp3) is 0.0833. The van der Waals surface area contributed by atoms with Crippen LogP contribution >= 0.6 is 0 Å². The van der Waals surface area contributed by atoms with Crippen molar-refractivity contribution in [3.63, 3.8) is 0 Å². The minimum Gasteiger partial charge on any atom is -0.286 e. The van der Waals surface area contributed by atoms with Gasteiger partial charge in [0.2, 0.25) is 6.29 Å². The lowest BCUT2D eigenvalue weighted by molar-refractivity contribution is 0.564. The molecule has 1 aromatic rings. The standard InChI is InChI=1S/C8H8.C4H5O/c1-2-8-6-4-3-5-7-8;1-2-3-4-5/h2-7H,1H2;2-3H,1H3. The number of hydrogen-bond acceptors (Lipinski definition) is 1. The molecule has 1 nitrogen and oxygen atoms in total. The Balaban J connectivity index is 0.000000252. The highest BCUT2D eigenvalue weighted by Crippen LogP contribution is 1.97. The molecule has 0 unspecified atom stereocenters. The quantitative estimate of drug-likeness (QED) is 0.628. The number of allylic oxidation sites excluding steroid dienone is 2. The van der Waals surface area contributed by atoms with Crippen molar-refractivity contribution in [1.29, 1.82) is 0 Å². The lowest BCUT2D eigenvalue weighted by Crippen LogP contribution is -1.63. The van der Waals surface area contributed by atoms with Crippen molar-refractivity contribution in [2.24, 2.45) is 0 Å². The number of rotatable bonds is 2. The summed E-state index contributed by atoms with van der Waals surface area (Å²) in [4.78, 5) is 9.19. The molecular formula is C12H13O. The lowest BCUT2D eigenvalue weighted by Gasteiger charge is -1.85. The van der Waals surface area contributed by atoms with Crippen molar-refractivity contribution in [3.8, 4) is 0 Å². The van der Waals surface area contributed by atoms with E-state index < -0.39 is 0 Å². The van der Waals surface area contributed by atoms with Crippen molar-refractivity contribution >= 4 is 12.4 Å². The first-order valence-electron chi connectivity index (χ1n) is 4.01. The lowest BCUT2D eigenvalue weighted by atomic mass is 10.2. The highest BCUT2D eigenvalue weighted by Gasteiger charge is 1.75. The van der Waals surface area contributed by atoms with Gasteiger partial charge in [-0.15, -0.1) is 0 Å². The second-order valence-corrected chi connectivity index (χ2v) is 2.23. The van der Waals surface area contributed by atoms with Crippen LogP contribution in [0.3, 0.4) is 0 Å². The molecule has 0 amide bonds. The highest BCUT2D eigenvalue weighted by molar-refractivity contribution is 5.65.